The number of aromatic nitrogens is 1. The smallest absolute Gasteiger partial charge is 0.0305 e. The Labute approximate surface area is 93.9 Å². The maximum atomic E-state index is 4.34. The van der Waals surface area contributed by atoms with E-state index in [-0.39, 0.29) is 5.41 Å². The number of rotatable bonds is 1. The van der Waals surface area contributed by atoms with Crippen LogP contribution < -0.4 is 0 Å². The van der Waals surface area contributed by atoms with Gasteiger partial charge in [0.1, 0.15) is 0 Å². The van der Waals surface area contributed by atoms with Gasteiger partial charge in [-0.15, -0.1) is 0 Å². The van der Waals surface area contributed by atoms with Crippen LogP contribution in [0.1, 0.15) is 52.7 Å². The fourth-order valence-electron chi connectivity index (χ4n) is 1.61. The zero-order valence-electron chi connectivity index (χ0n) is 10.9. The minimum Gasteiger partial charge on any atom is -0.264 e. The Bertz CT molecular complexity index is 326. The van der Waals surface area contributed by atoms with E-state index >= 15 is 0 Å². The van der Waals surface area contributed by atoms with Crippen molar-refractivity contribution in [2.45, 2.75) is 53.4 Å². The third-order valence-electron chi connectivity index (χ3n) is 2.40. The summed E-state index contributed by atoms with van der Waals surface area (Å²) in [4.78, 5) is 4.34. The van der Waals surface area contributed by atoms with E-state index in [0.29, 0.717) is 5.41 Å². The van der Waals surface area contributed by atoms with Crippen LogP contribution in [0, 0.1) is 5.41 Å². The van der Waals surface area contributed by atoms with Crippen molar-refractivity contribution in [1.82, 2.24) is 4.98 Å². The summed E-state index contributed by atoms with van der Waals surface area (Å²) in [6.07, 6.45) is 5.05. The first-order valence-electron chi connectivity index (χ1n) is 5.63. The Morgan fingerprint density at radius 3 is 2.07 bits per heavy atom. The predicted molar refractivity (Wildman–Crippen MR) is 66.1 cm³/mol. The molecule has 1 aromatic rings. The summed E-state index contributed by atoms with van der Waals surface area (Å²) >= 11 is 0. The van der Waals surface area contributed by atoms with Gasteiger partial charge in [0.2, 0.25) is 0 Å². The lowest BCUT2D eigenvalue weighted by atomic mass is 9.84. The van der Waals surface area contributed by atoms with E-state index in [1.165, 1.54) is 11.1 Å². The zero-order valence-corrected chi connectivity index (χ0v) is 10.9. The molecule has 0 bridgehead atoms. The molecule has 84 valence electrons. The first-order valence-corrected chi connectivity index (χ1v) is 5.63. The van der Waals surface area contributed by atoms with Crippen LogP contribution in [0.3, 0.4) is 0 Å². The molecule has 0 unspecified atom stereocenters. The molecule has 0 N–H and O–H groups in total. The summed E-state index contributed by atoms with van der Waals surface area (Å²) in [7, 11) is 0. The van der Waals surface area contributed by atoms with Gasteiger partial charge in [-0.3, -0.25) is 4.98 Å². The van der Waals surface area contributed by atoms with Crippen molar-refractivity contribution in [2.24, 2.45) is 5.41 Å². The highest BCUT2D eigenvalue weighted by Gasteiger charge is 2.16. The largest absolute Gasteiger partial charge is 0.264 e. The van der Waals surface area contributed by atoms with Crippen molar-refractivity contribution in [1.29, 1.82) is 0 Å². The molecule has 0 fully saturated rings. The number of hydrogen-bond donors (Lipinski definition) is 0. The van der Waals surface area contributed by atoms with Gasteiger partial charge in [0.25, 0.3) is 0 Å². The van der Waals surface area contributed by atoms with Crippen LogP contribution in [-0.4, -0.2) is 4.98 Å². The Morgan fingerprint density at radius 1 is 1.00 bits per heavy atom. The van der Waals surface area contributed by atoms with Crippen molar-refractivity contribution in [2.75, 3.05) is 0 Å². The van der Waals surface area contributed by atoms with Crippen LogP contribution in [0.4, 0.5) is 0 Å². The summed E-state index contributed by atoms with van der Waals surface area (Å²) in [6.45, 7) is 13.5. The maximum absolute atomic E-state index is 4.34. The topological polar surface area (TPSA) is 12.9 Å². The van der Waals surface area contributed by atoms with Crippen LogP contribution in [0.5, 0.6) is 0 Å². The Balaban J connectivity index is 2.94. The fourth-order valence-corrected chi connectivity index (χ4v) is 1.61. The summed E-state index contributed by atoms with van der Waals surface area (Å²) in [5.41, 5.74) is 3.19. The van der Waals surface area contributed by atoms with Gasteiger partial charge < -0.3 is 0 Å². The quantitative estimate of drug-likeness (QED) is 0.676. The van der Waals surface area contributed by atoms with Gasteiger partial charge in [-0.25, -0.2) is 0 Å². The van der Waals surface area contributed by atoms with Gasteiger partial charge in [0, 0.05) is 12.4 Å². The second kappa shape index (κ2) is 3.96. The van der Waals surface area contributed by atoms with Gasteiger partial charge in [0.05, 0.1) is 0 Å². The number of hydrogen-bond acceptors (Lipinski definition) is 1. The van der Waals surface area contributed by atoms with Crippen LogP contribution in [0.25, 0.3) is 0 Å². The lowest BCUT2D eigenvalue weighted by molar-refractivity contribution is 0.410. The highest BCUT2D eigenvalue weighted by molar-refractivity contribution is 5.24. The third kappa shape index (κ3) is 4.03. The van der Waals surface area contributed by atoms with Gasteiger partial charge >= 0.3 is 0 Å². The maximum Gasteiger partial charge on any atom is 0.0305 e. The summed E-state index contributed by atoms with van der Waals surface area (Å²) in [5.74, 6) is 0. The summed E-state index contributed by atoms with van der Waals surface area (Å²) in [5, 5.41) is 0. The van der Waals surface area contributed by atoms with E-state index < -0.39 is 0 Å². The number of pyridine rings is 1. The van der Waals surface area contributed by atoms with Gasteiger partial charge in [0.15, 0.2) is 0 Å². The zero-order chi connectivity index (χ0) is 11.7. The normalized spacial score (nSPS) is 12.9. The highest BCUT2D eigenvalue weighted by atomic mass is 14.6. The molecule has 0 aliphatic rings. The van der Waals surface area contributed by atoms with Gasteiger partial charge in [-0.2, -0.15) is 0 Å². The first-order chi connectivity index (χ1) is 6.68. The first kappa shape index (κ1) is 12.2. The van der Waals surface area contributed by atoms with E-state index in [1.54, 1.807) is 0 Å². The minimum absolute atomic E-state index is 0.195. The SMILES string of the molecule is CC(C)(C)Cc1cncc(C(C)(C)C)c1. The molecule has 0 saturated heterocycles. The molecule has 1 heterocycles. The molecule has 0 amide bonds. The fraction of sp³-hybridized carbons (Fsp3) is 0.643. The molecule has 0 aliphatic carbocycles. The summed E-state index contributed by atoms with van der Waals surface area (Å²) < 4.78 is 0. The van der Waals surface area contributed by atoms with Crippen molar-refractivity contribution in [3.05, 3.63) is 29.6 Å². The molecule has 0 spiro atoms. The lowest BCUT2D eigenvalue weighted by Gasteiger charge is -2.22. The highest BCUT2D eigenvalue weighted by Crippen LogP contribution is 2.25. The molecule has 1 heteroatoms. The molecule has 0 saturated carbocycles. The van der Waals surface area contributed by atoms with E-state index in [2.05, 4.69) is 52.6 Å². The molecule has 0 aromatic carbocycles. The van der Waals surface area contributed by atoms with Gasteiger partial charge in [-0.1, -0.05) is 47.6 Å². The minimum atomic E-state index is 0.195. The summed E-state index contributed by atoms with van der Waals surface area (Å²) in [6, 6.07) is 2.29. The van der Waals surface area contributed by atoms with E-state index in [1.807, 2.05) is 12.4 Å². The lowest BCUT2D eigenvalue weighted by Crippen LogP contribution is -2.14. The van der Waals surface area contributed by atoms with Crippen molar-refractivity contribution in [3.63, 3.8) is 0 Å². The average Bonchev–Trinajstić information content (AvgIpc) is 1.99. The monoisotopic (exact) mass is 205 g/mol. The van der Waals surface area contributed by atoms with Crippen LogP contribution in [0.2, 0.25) is 0 Å². The standard InChI is InChI=1S/C14H23N/c1-13(2,3)8-11-7-12(10-15-9-11)14(4,5)6/h7,9-10H,8H2,1-6H3. The third-order valence-corrected chi connectivity index (χ3v) is 2.40. The van der Waals surface area contributed by atoms with Crippen molar-refractivity contribution >= 4 is 0 Å². The van der Waals surface area contributed by atoms with Crippen molar-refractivity contribution < 1.29 is 0 Å². The van der Waals surface area contributed by atoms with Crippen LogP contribution in [-0.2, 0) is 11.8 Å². The van der Waals surface area contributed by atoms with E-state index in [4.69, 9.17) is 0 Å². The molecule has 1 aromatic heterocycles. The number of nitrogens with zero attached hydrogens (tertiary/aromatic N) is 1. The van der Waals surface area contributed by atoms with Crippen LogP contribution >= 0.6 is 0 Å². The van der Waals surface area contributed by atoms with Crippen molar-refractivity contribution in [3.8, 4) is 0 Å². The molecule has 1 rings (SSSR count). The second-order valence-electron chi connectivity index (χ2n) is 6.57. The average molecular weight is 205 g/mol. The molecular formula is C14H23N. The molecule has 1 nitrogen and oxygen atoms in total. The van der Waals surface area contributed by atoms with E-state index in [9.17, 15) is 0 Å². The Morgan fingerprint density at radius 2 is 1.60 bits per heavy atom. The van der Waals surface area contributed by atoms with Crippen LogP contribution in [0.15, 0.2) is 18.5 Å². The predicted octanol–water partition coefficient (Wildman–Crippen LogP) is 3.97. The molecule has 0 atom stereocenters. The molecular weight excluding hydrogens is 182 g/mol. The Kier molecular flexibility index (Phi) is 3.22. The van der Waals surface area contributed by atoms with E-state index in [0.717, 1.165) is 6.42 Å². The van der Waals surface area contributed by atoms with Gasteiger partial charge in [-0.05, 0) is 28.4 Å². The second-order valence-corrected chi connectivity index (χ2v) is 6.57. The molecule has 0 aliphatic heterocycles. The molecule has 15 heavy (non-hydrogen) atoms. The Hall–Kier alpha value is -0.850. The molecule has 0 radical (unpaired) electrons.